The Morgan fingerprint density at radius 2 is 2.00 bits per heavy atom. The number of hydrogen-bond donors (Lipinski definition) is 2. The summed E-state index contributed by atoms with van der Waals surface area (Å²) < 4.78 is 5.64. The number of ether oxygens (including phenoxy) is 1. The molecule has 0 unspecified atom stereocenters. The largest absolute Gasteiger partial charge is 0.494 e. The zero-order chi connectivity index (χ0) is 13.9. The van der Waals surface area contributed by atoms with Crippen molar-refractivity contribution in [1.82, 2.24) is 5.32 Å². The molecule has 1 rings (SSSR count). The Balaban J connectivity index is 2.21. The van der Waals surface area contributed by atoms with E-state index in [0.29, 0.717) is 13.0 Å². The molecule has 0 bridgehead atoms. The maximum absolute atomic E-state index is 10.6. The van der Waals surface area contributed by atoms with Gasteiger partial charge in [-0.2, -0.15) is 0 Å². The van der Waals surface area contributed by atoms with Crippen LogP contribution in [-0.4, -0.2) is 19.1 Å². The van der Waals surface area contributed by atoms with Crippen LogP contribution in [0.25, 0.3) is 0 Å². The first-order valence-electron chi connectivity index (χ1n) is 6.93. The molecule has 0 radical (unpaired) electrons. The summed E-state index contributed by atoms with van der Waals surface area (Å²) in [5.41, 5.74) is 6.24. The number of rotatable bonds is 10. The summed E-state index contributed by atoms with van der Waals surface area (Å²) >= 11 is 0. The summed E-state index contributed by atoms with van der Waals surface area (Å²) in [4.78, 5) is 10.6. The van der Waals surface area contributed by atoms with Crippen molar-refractivity contribution in [1.29, 1.82) is 0 Å². The van der Waals surface area contributed by atoms with E-state index < -0.39 is 0 Å². The Bertz CT molecular complexity index is 363. The molecule has 1 amide bonds. The minimum Gasteiger partial charge on any atom is -0.494 e. The monoisotopic (exact) mass is 264 g/mol. The molecule has 1 aromatic carbocycles. The second-order valence-corrected chi connectivity index (χ2v) is 4.59. The van der Waals surface area contributed by atoms with Crippen molar-refractivity contribution < 1.29 is 9.53 Å². The molecule has 3 N–H and O–H groups in total. The molecule has 1 aromatic rings. The summed E-state index contributed by atoms with van der Waals surface area (Å²) in [5.74, 6) is 0.639. The van der Waals surface area contributed by atoms with Gasteiger partial charge < -0.3 is 15.8 Å². The molecule has 0 saturated carbocycles. The van der Waals surface area contributed by atoms with Crippen molar-refractivity contribution in [3.05, 3.63) is 29.8 Å². The third-order valence-electron chi connectivity index (χ3n) is 2.82. The predicted molar refractivity (Wildman–Crippen MR) is 77.0 cm³/mol. The first-order chi connectivity index (χ1) is 9.22. The van der Waals surface area contributed by atoms with Crippen LogP contribution in [0, 0.1) is 0 Å². The molecular formula is C15H24N2O2. The molecule has 0 heterocycles. The zero-order valence-electron chi connectivity index (χ0n) is 11.7. The molecule has 19 heavy (non-hydrogen) atoms. The predicted octanol–water partition coefficient (Wildman–Crippen LogP) is 2.22. The van der Waals surface area contributed by atoms with Crippen molar-refractivity contribution in [3.63, 3.8) is 0 Å². The number of nitrogens with two attached hydrogens (primary N) is 1. The Morgan fingerprint density at radius 3 is 2.63 bits per heavy atom. The fraction of sp³-hybridized carbons (Fsp3) is 0.533. The van der Waals surface area contributed by atoms with E-state index in [1.54, 1.807) is 0 Å². The number of hydrogen-bond acceptors (Lipinski definition) is 3. The first kappa shape index (κ1) is 15.5. The molecule has 0 fully saturated rings. The van der Waals surface area contributed by atoms with Crippen LogP contribution in [0.5, 0.6) is 5.75 Å². The number of carbonyl (C=O) groups excluding carboxylic acids is 1. The third kappa shape index (κ3) is 7.47. The Hall–Kier alpha value is -1.55. The second kappa shape index (κ2) is 9.39. The molecule has 0 atom stereocenters. The molecule has 0 aliphatic rings. The summed E-state index contributed by atoms with van der Waals surface area (Å²) in [6.07, 6.45) is 3.90. The van der Waals surface area contributed by atoms with E-state index in [2.05, 4.69) is 12.2 Å². The van der Waals surface area contributed by atoms with Gasteiger partial charge >= 0.3 is 0 Å². The quantitative estimate of drug-likeness (QED) is 0.637. The van der Waals surface area contributed by atoms with Gasteiger partial charge in [0.05, 0.1) is 6.61 Å². The SMILES string of the molecule is CCCCCOc1ccc(CNCCC(N)=O)cc1. The van der Waals surface area contributed by atoms with Crippen LogP contribution in [0.2, 0.25) is 0 Å². The first-order valence-corrected chi connectivity index (χ1v) is 6.93. The maximum atomic E-state index is 10.6. The van der Waals surface area contributed by atoms with Crippen molar-refractivity contribution >= 4 is 5.91 Å². The number of nitrogens with one attached hydrogen (secondary N) is 1. The second-order valence-electron chi connectivity index (χ2n) is 4.59. The standard InChI is InChI=1S/C15H24N2O2/c1-2-3-4-11-19-14-7-5-13(6-8-14)12-17-10-9-15(16)18/h5-8,17H,2-4,9-12H2,1H3,(H2,16,18). The molecule has 4 nitrogen and oxygen atoms in total. The number of benzene rings is 1. The van der Waals surface area contributed by atoms with Gasteiger partial charge in [-0.25, -0.2) is 0 Å². The lowest BCUT2D eigenvalue weighted by molar-refractivity contribution is -0.117. The van der Waals surface area contributed by atoms with Crippen LogP contribution < -0.4 is 15.8 Å². The van der Waals surface area contributed by atoms with E-state index in [0.717, 1.165) is 25.3 Å². The molecule has 4 heteroatoms. The van der Waals surface area contributed by atoms with Crippen LogP contribution in [0.3, 0.4) is 0 Å². The average Bonchev–Trinajstić information content (AvgIpc) is 2.41. The van der Waals surface area contributed by atoms with Gasteiger partial charge in [0.15, 0.2) is 0 Å². The molecule has 0 spiro atoms. The highest BCUT2D eigenvalue weighted by atomic mass is 16.5. The van der Waals surface area contributed by atoms with E-state index in [1.165, 1.54) is 18.4 Å². The molecular weight excluding hydrogens is 240 g/mol. The average molecular weight is 264 g/mol. The van der Waals surface area contributed by atoms with Crippen LogP contribution in [0.4, 0.5) is 0 Å². The van der Waals surface area contributed by atoms with Gasteiger partial charge in [-0.1, -0.05) is 31.9 Å². The van der Waals surface area contributed by atoms with Crippen molar-refractivity contribution in [2.45, 2.75) is 39.2 Å². The van der Waals surface area contributed by atoms with E-state index in [9.17, 15) is 4.79 Å². The smallest absolute Gasteiger partial charge is 0.218 e. The summed E-state index contributed by atoms with van der Waals surface area (Å²) in [6.45, 7) is 4.32. The molecule has 0 aromatic heterocycles. The Kier molecular flexibility index (Phi) is 7.66. The number of carbonyl (C=O) groups is 1. The van der Waals surface area contributed by atoms with Gasteiger partial charge in [0.25, 0.3) is 0 Å². The summed E-state index contributed by atoms with van der Waals surface area (Å²) in [5, 5.41) is 3.17. The van der Waals surface area contributed by atoms with Crippen LogP contribution in [-0.2, 0) is 11.3 Å². The molecule has 106 valence electrons. The highest BCUT2D eigenvalue weighted by molar-refractivity contribution is 5.73. The lowest BCUT2D eigenvalue weighted by Crippen LogP contribution is -2.21. The van der Waals surface area contributed by atoms with Crippen molar-refractivity contribution in [2.75, 3.05) is 13.2 Å². The number of unbranched alkanes of at least 4 members (excludes halogenated alkanes) is 2. The topological polar surface area (TPSA) is 64.3 Å². The fourth-order valence-corrected chi connectivity index (χ4v) is 1.69. The summed E-state index contributed by atoms with van der Waals surface area (Å²) in [7, 11) is 0. The minimum atomic E-state index is -0.275. The van der Waals surface area contributed by atoms with Gasteiger partial charge in [-0.3, -0.25) is 4.79 Å². The lowest BCUT2D eigenvalue weighted by atomic mass is 10.2. The maximum Gasteiger partial charge on any atom is 0.218 e. The van der Waals surface area contributed by atoms with Crippen molar-refractivity contribution in [2.24, 2.45) is 5.73 Å². The lowest BCUT2D eigenvalue weighted by Gasteiger charge is -2.07. The zero-order valence-corrected chi connectivity index (χ0v) is 11.7. The van der Waals surface area contributed by atoms with Crippen LogP contribution in [0.15, 0.2) is 24.3 Å². The summed E-state index contributed by atoms with van der Waals surface area (Å²) in [6, 6.07) is 8.03. The Morgan fingerprint density at radius 1 is 1.26 bits per heavy atom. The van der Waals surface area contributed by atoms with Crippen LogP contribution >= 0.6 is 0 Å². The normalized spacial score (nSPS) is 10.4. The number of primary amides is 1. The van der Waals surface area contributed by atoms with Gasteiger partial charge in [-0.15, -0.1) is 0 Å². The van der Waals surface area contributed by atoms with Gasteiger partial charge in [0.2, 0.25) is 5.91 Å². The number of amides is 1. The minimum absolute atomic E-state index is 0.275. The third-order valence-corrected chi connectivity index (χ3v) is 2.82. The highest BCUT2D eigenvalue weighted by Crippen LogP contribution is 2.12. The van der Waals surface area contributed by atoms with E-state index in [4.69, 9.17) is 10.5 Å². The van der Waals surface area contributed by atoms with Gasteiger partial charge in [-0.05, 0) is 24.1 Å². The van der Waals surface area contributed by atoms with E-state index >= 15 is 0 Å². The van der Waals surface area contributed by atoms with E-state index in [-0.39, 0.29) is 5.91 Å². The molecule has 0 saturated heterocycles. The molecule has 0 aliphatic carbocycles. The van der Waals surface area contributed by atoms with Crippen molar-refractivity contribution in [3.8, 4) is 5.75 Å². The van der Waals surface area contributed by atoms with Crippen LogP contribution in [0.1, 0.15) is 38.2 Å². The fourth-order valence-electron chi connectivity index (χ4n) is 1.69. The van der Waals surface area contributed by atoms with E-state index in [1.807, 2.05) is 24.3 Å². The van der Waals surface area contributed by atoms with Gasteiger partial charge in [0.1, 0.15) is 5.75 Å². The Labute approximate surface area is 115 Å². The van der Waals surface area contributed by atoms with Gasteiger partial charge in [0, 0.05) is 19.5 Å². The molecule has 0 aliphatic heterocycles. The highest BCUT2D eigenvalue weighted by Gasteiger charge is 1.97.